The Kier molecular flexibility index (Phi) is 4.78. The summed E-state index contributed by atoms with van der Waals surface area (Å²) in [5.41, 5.74) is 1.21. The summed E-state index contributed by atoms with van der Waals surface area (Å²) < 4.78 is 11.4. The van der Waals surface area contributed by atoms with Gasteiger partial charge in [-0.15, -0.1) is 0 Å². The fourth-order valence-electron chi connectivity index (χ4n) is 3.27. The van der Waals surface area contributed by atoms with Gasteiger partial charge >= 0.3 is 0 Å². The van der Waals surface area contributed by atoms with Crippen molar-refractivity contribution in [3.63, 3.8) is 0 Å². The molecule has 4 heteroatoms. The average Bonchev–Trinajstić information content (AvgIpc) is 3.10. The first kappa shape index (κ1) is 14.8. The summed E-state index contributed by atoms with van der Waals surface area (Å²) in [7, 11) is 2.03. The largest absolute Gasteiger partial charge is 0.490 e. The van der Waals surface area contributed by atoms with Crippen LogP contribution < -0.4 is 4.74 Å². The maximum Gasteiger partial charge on any atom is 0.120 e. The number of benzene rings is 1. The molecule has 116 valence electrons. The summed E-state index contributed by atoms with van der Waals surface area (Å²) in [6.45, 7) is 1.85. The van der Waals surface area contributed by atoms with E-state index in [0.717, 1.165) is 12.3 Å². The van der Waals surface area contributed by atoms with Crippen molar-refractivity contribution in [2.75, 3.05) is 20.3 Å². The van der Waals surface area contributed by atoms with Crippen molar-refractivity contribution in [1.82, 2.24) is 4.90 Å². The zero-order valence-corrected chi connectivity index (χ0v) is 12.7. The van der Waals surface area contributed by atoms with Crippen LogP contribution in [0.2, 0.25) is 0 Å². The van der Waals surface area contributed by atoms with Gasteiger partial charge in [0.15, 0.2) is 0 Å². The minimum Gasteiger partial charge on any atom is -0.490 e. The highest BCUT2D eigenvalue weighted by molar-refractivity contribution is 5.28. The second kappa shape index (κ2) is 6.77. The first-order valence-electron chi connectivity index (χ1n) is 7.94. The Morgan fingerprint density at radius 2 is 2.10 bits per heavy atom. The van der Waals surface area contributed by atoms with Crippen LogP contribution >= 0.6 is 0 Å². The van der Waals surface area contributed by atoms with Crippen molar-refractivity contribution in [2.24, 2.45) is 0 Å². The van der Waals surface area contributed by atoms with E-state index in [2.05, 4.69) is 23.1 Å². The normalized spacial score (nSPS) is 26.6. The molecule has 1 aliphatic carbocycles. The molecular weight excluding hydrogens is 266 g/mol. The Hall–Kier alpha value is -1.10. The molecule has 1 saturated heterocycles. The maximum atomic E-state index is 9.89. The number of hydrogen-bond acceptors (Lipinski definition) is 4. The van der Waals surface area contributed by atoms with Crippen LogP contribution in [0.4, 0.5) is 0 Å². The van der Waals surface area contributed by atoms with Gasteiger partial charge in [-0.1, -0.05) is 12.1 Å². The topological polar surface area (TPSA) is 41.9 Å². The van der Waals surface area contributed by atoms with Gasteiger partial charge in [0.05, 0.1) is 31.5 Å². The van der Waals surface area contributed by atoms with E-state index < -0.39 is 0 Å². The Bertz CT molecular complexity index is 459. The average molecular weight is 291 g/mol. The summed E-state index contributed by atoms with van der Waals surface area (Å²) in [6.07, 6.45) is 4.93. The van der Waals surface area contributed by atoms with Crippen LogP contribution in [0.15, 0.2) is 24.3 Å². The molecule has 1 aromatic carbocycles. The van der Waals surface area contributed by atoms with E-state index in [9.17, 15) is 5.11 Å². The zero-order valence-electron chi connectivity index (χ0n) is 12.7. The number of hydrogen-bond donors (Lipinski definition) is 1. The number of aliphatic hydroxyl groups excluding tert-OH is 1. The van der Waals surface area contributed by atoms with Crippen LogP contribution in [-0.4, -0.2) is 48.5 Å². The molecule has 1 aromatic rings. The van der Waals surface area contributed by atoms with Crippen LogP contribution in [0.5, 0.6) is 5.75 Å². The molecule has 1 N–H and O–H groups in total. The van der Waals surface area contributed by atoms with Gasteiger partial charge in [-0.25, -0.2) is 0 Å². The van der Waals surface area contributed by atoms with Gasteiger partial charge < -0.3 is 14.6 Å². The summed E-state index contributed by atoms with van der Waals surface area (Å²) >= 11 is 0. The van der Waals surface area contributed by atoms with Crippen molar-refractivity contribution in [3.05, 3.63) is 29.8 Å². The molecule has 0 radical (unpaired) electrons. The Morgan fingerprint density at radius 3 is 2.81 bits per heavy atom. The van der Waals surface area contributed by atoms with Gasteiger partial charge in [0.1, 0.15) is 5.75 Å². The molecule has 2 unspecified atom stereocenters. The molecule has 4 nitrogen and oxygen atoms in total. The third kappa shape index (κ3) is 3.76. The monoisotopic (exact) mass is 291 g/mol. The number of ether oxygens (including phenoxy) is 2. The Morgan fingerprint density at radius 1 is 1.29 bits per heavy atom. The molecule has 0 amide bonds. The first-order chi connectivity index (χ1) is 10.2. The highest BCUT2D eigenvalue weighted by Gasteiger charge is 2.29. The van der Waals surface area contributed by atoms with Gasteiger partial charge in [0, 0.05) is 6.54 Å². The highest BCUT2D eigenvalue weighted by atomic mass is 16.5. The summed E-state index contributed by atoms with van der Waals surface area (Å²) in [5, 5.41) is 9.89. The molecule has 0 bridgehead atoms. The molecule has 0 aromatic heterocycles. The third-order valence-electron chi connectivity index (χ3n) is 4.52. The molecule has 1 saturated carbocycles. The first-order valence-corrected chi connectivity index (χ1v) is 7.94. The lowest BCUT2D eigenvalue weighted by Gasteiger charge is -2.25. The summed E-state index contributed by atoms with van der Waals surface area (Å²) in [5.74, 6) is 0.969. The molecule has 21 heavy (non-hydrogen) atoms. The molecule has 1 aliphatic heterocycles. The SMILES string of the molecule is CN(Cc1cccc(OC2CCCC2)c1)C1COCC1O. The molecule has 2 aliphatic rings. The second-order valence-electron chi connectivity index (χ2n) is 6.26. The molecule has 1 heterocycles. The van der Waals surface area contributed by atoms with Crippen LogP contribution in [0.3, 0.4) is 0 Å². The maximum absolute atomic E-state index is 9.89. The summed E-state index contributed by atoms with van der Waals surface area (Å²) in [4.78, 5) is 2.16. The lowest BCUT2D eigenvalue weighted by Crippen LogP contribution is -2.39. The number of nitrogens with zero attached hydrogens (tertiary/aromatic N) is 1. The van der Waals surface area contributed by atoms with Crippen molar-refractivity contribution >= 4 is 0 Å². The standard InChI is InChI=1S/C17H25NO3/c1-18(16-11-20-12-17(16)19)10-13-5-4-8-15(9-13)21-14-6-2-3-7-14/h4-5,8-9,14,16-17,19H,2-3,6-7,10-12H2,1H3. The van der Waals surface area contributed by atoms with Crippen LogP contribution in [0, 0.1) is 0 Å². The van der Waals surface area contributed by atoms with Gasteiger partial charge in [0.2, 0.25) is 0 Å². The van der Waals surface area contributed by atoms with E-state index in [1.54, 1.807) is 0 Å². The molecule has 0 spiro atoms. The van der Waals surface area contributed by atoms with E-state index in [1.807, 2.05) is 13.1 Å². The van der Waals surface area contributed by atoms with Crippen LogP contribution in [0.25, 0.3) is 0 Å². The van der Waals surface area contributed by atoms with Crippen molar-refractivity contribution in [1.29, 1.82) is 0 Å². The smallest absolute Gasteiger partial charge is 0.120 e. The second-order valence-corrected chi connectivity index (χ2v) is 6.26. The van der Waals surface area contributed by atoms with Gasteiger partial charge in [-0.3, -0.25) is 4.90 Å². The predicted octanol–water partition coefficient (Wildman–Crippen LogP) is 2.20. The fraction of sp³-hybridized carbons (Fsp3) is 0.647. The number of likely N-dealkylation sites (N-methyl/N-ethyl adjacent to an activating group) is 1. The number of rotatable bonds is 5. The molecule has 3 rings (SSSR count). The minimum absolute atomic E-state index is 0.0874. The predicted molar refractivity (Wildman–Crippen MR) is 81.4 cm³/mol. The van der Waals surface area contributed by atoms with Crippen molar-refractivity contribution in [2.45, 2.75) is 50.5 Å². The van der Waals surface area contributed by atoms with Gasteiger partial charge in [-0.05, 0) is 50.4 Å². The Balaban J connectivity index is 1.59. The Labute approximate surface area is 126 Å². The lowest BCUT2D eigenvalue weighted by atomic mass is 10.1. The number of aliphatic hydroxyl groups is 1. The molecule has 2 fully saturated rings. The van der Waals surface area contributed by atoms with Crippen molar-refractivity contribution < 1.29 is 14.6 Å². The van der Waals surface area contributed by atoms with Crippen LogP contribution in [-0.2, 0) is 11.3 Å². The lowest BCUT2D eigenvalue weighted by molar-refractivity contribution is 0.0925. The zero-order chi connectivity index (χ0) is 14.7. The van der Waals surface area contributed by atoms with E-state index in [0.29, 0.717) is 19.3 Å². The molecule has 2 atom stereocenters. The van der Waals surface area contributed by atoms with Gasteiger partial charge in [0.25, 0.3) is 0 Å². The quantitative estimate of drug-likeness (QED) is 0.903. The van der Waals surface area contributed by atoms with Crippen molar-refractivity contribution in [3.8, 4) is 5.75 Å². The minimum atomic E-state index is -0.382. The summed E-state index contributed by atoms with van der Waals surface area (Å²) in [6, 6.07) is 8.41. The third-order valence-corrected chi connectivity index (χ3v) is 4.52. The van der Waals surface area contributed by atoms with Gasteiger partial charge in [-0.2, -0.15) is 0 Å². The fourth-order valence-corrected chi connectivity index (χ4v) is 3.27. The van der Waals surface area contributed by atoms with E-state index in [-0.39, 0.29) is 12.1 Å². The van der Waals surface area contributed by atoms with E-state index in [4.69, 9.17) is 9.47 Å². The molecular formula is C17H25NO3. The van der Waals surface area contributed by atoms with Crippen LogP contribution in [0.1, 0.15) is 31.2 Å². The highest BCUT2D eigenvalue weighted by Crippen LogP contribution is 2.25. The van der Waals surface area contributed by atoms with E-state index in [1.165, 1.54) is 31.2 Å². The van der Waals surface area contributed by atoms with E-state index >= 15 is 0 Å².